The van der Waals surface area contributed by atoms with Gasteiger partial charge in [0.15, 0.2) is 0 Å². The Morgan fingerprint density at radius 1 is 1.11 bits per heavy atom. The van der Waals surface area contributed by atoms with Gasteiger partial charge in [0.05, 0.1) is 11.4 Å². The standard InChI is InChI=1S/C20H24BrClN2O3S/c1-20(2,3)14-23-19(25)13-24(12-15-6-4-5-7-18(15)22)28(26,27)17-10-8-16(21)9-11-17/h4-11H,12-14H2,1-3H3,(H,23,25). The minimum absolute atomic E-state index is 0.00100. The van der Waals surface area contributed by atoms with Gasteiger partial charge in [-0.1, -0.05) is 66.5 Å². The van der Waals surface area contributed by atoms with E-state index in [2.05, 4.69) is 21.2 Å². The molecule has 0 saturated heterocycles. The van der Waals surface area contributed by atoms with E-state index in [4.69, 9.17) is 11.6 Å². The van der Waals surface area contributed by atoms with Crippen LogP contribution in [0.3, 0.4) is 0 Å². The number of amides is 1. The van der Waals surface area contributed by atoms with Crippen LogP contribution in [-0.2, 0) is 21.4 Å². The summed E-state index contributed by atoms with van der Waals surface area (Å²) in [7, 11) is -3.89. The third kappa shape index (κ3) is 6.58. The zero-order chi connectivity index (χ0) is 20.9. The van der Waals surface area contributed by atoms with E-state index in [1.165, 1.54) is 12.1 Å². The van der Waals surface area contributed by atoms with E-state index >= 15 is 0 Å². The summed E-state index contributed by atoms with van der Waals surface area (Å²) in [5.41, 5.74) is 0.529. The van der Waals surface area contributed by atoms with Crippen molar-refractivity contribution in [1.29, 1.82) is 0 Å². The maximum absolute atomic E-state index is 13.2. The van der Waals surface area contributed by atoms with Crippen molar-refractivity contribution < 1.29 is 13.2 Å². The van der Waals surface area contributed by atoms with E-state index in [-0.39, 0.29) is 29.3 Å². The monoisotopic (exact) mass is 486 g/mol. The molecule has 1 N–H and O–H groups in total. The lowest BCUT2D eigenvalue weighted by Crippen LogP contribution is -2.42. The van der Waals surface area contributed by atoms with Crippen molar-refractivity contribution in [1.82, 2.24) is 9.62 Å². The molecule has 0 fully saturated rings. The van der Waals surface area contributed by atoms with E-state index in [1.54, 1.807) is 36.4 Å². The molecule has 28 heavy (non-hydrogen) atoms. The summed E-state index contributed by atoms with van der Waals surface area (Å²) < 4.78 is 28.3. The molecular formula is C20H24BrClN2O3S. The predicted octanol–water partition coefficient (Wildman–Crippen LogP) is 4.46. The van der Waals surface area contributed by atoms with Crippen LogP contribution >= 0.6 is 27.5 Å². The molecule has 2 aromatic carbocycles. The first-order valence-corrected chi connectivity index (χ1v) is 11.4. The quantitative estimate of drug-likeness (QED) is 0.627. The van der Waals surface area contributed by atoms with Gasteiger partial charge in [-0.15, -0.1) is 0 Å². The molecule has 0 heterocycles. The Kier molecular flexibility index (Phi) is 7.67. The third-order valence-corrected chi connectivity index (χ3v) is 6.60. The topological polar surface area (TPSA) is 66.5 Å². The highest BCUT2D eigenvalue weighted by Crippen LogP contribution is 2.23. The first-order valence-electron chi connectivity index (χ1n) is 8.75. The summed E-state index contributed by atoms with van der Waals surface area (Å²) in [4.78, 5) is 12.6. The van der Waals surface area contributed by atoms with Crippen LogP contribution in [0.4, 0.5) is 0 Å². The fourth-order valence-corrected chi connectivity index (χ4v) is 4.21. The molecule has 2 aromatic rings. The first kappa shape index (κ1) is 22.9. The van der Waals surface area contributed by atoms with Gasteiger partial charge >= 0.3 is 0 Å². The number of nitrogens with one attached hydrogen (secondary N) is 1. The van der Waals surface area contributed by atoms with E-state index in [1.807, 2.05) is 20.8 Å². The molecule has 8 heteroatoms. The average molecular weight is 488 g/mol. The summed E-state index contributed by atoms with van der Waals surface area (Å²) in [5.74, 6) is -0.359. The number of hydrogen-bond donors (Lipinski definition) is 1. The van der Waals surface area contributed by atoms with Gasteiger partial charge in [-0.25, -0.2) is 8.42 Å². The molecule has 1 amide bonds. The van der Waals surface area contributed by atoms with E-state index < -0.39 is 10.0 Å². The van der Waals surface area contributed by atoms with Crippen LogP contribution in [0.5, 0.6) is 0 Å². The molecule has 0 spiro atoms. The maximum Gasteiger partial charge on any atom is 0.243 e. The van der Waals surface area contributed by atoms with Crippen LogP contribution in [-0.4, -0.2) is 31.7 Å². The van der Waals surface area contributed by atoms with Crippen molar-refractivity contribution >= 4 is 43.5 Å². The maximum atomic E-state index is 13.2. The van der Waals surface area contributed by atoms with Crippen LogP contribution in [0.25, 0.3) is 0 Å². The second kappa shape index (κ2) is 9.39. The number of halogens is 2. The number of nitrogens with zero attached hydrogens (tertiary/aromatic N) is 1. The van der Waals surface area contributed by atoms with Gasteiger partial charge in [0, 0.05) is 22.6 Å². The van der Waals surface area contributed by atoms with Crippen LogP contribution in [0.15, 0.2) is 57.9 Å². The zero-order valence-electron chi connectivity index (χ0n) is 16.1. The minimum atomic E-state index is -3.89. The number of benzene rings is 2. The molecule has 0 atom stereocenters. The van der Waals surface area contributed by atoms with Gasteiger partial charge in [0.2, 0.25) is 15.9 Å². The van der Waals surface area contributed by atoms with Crippen LogP contribution < -0.4 is 5.32 Å². The minimum Gasteiger partial charge on any atom is -0.354 e. The molecule has 152 valence electrons. The van der Waals surface area contributed by atoms with Gasteiger partial charge in [-0.2, -0.15) is 4.31 Å². The van der Waals surface area contributed by atoms with Gasteiger partial charge in [-0.05, 0) is 41.3 Å². The molecule has 0 saturated carbocycles. The highest BCUT2D eigenvalue weighted by atomic mass is 79.9. The highest BCUT2D eigenvalue weighted by Gasteiger charge is 2.28. The molecule has 0 unspecified atom stereocenters. The van der Waals surface area contributed by atoms with Crippen molar-refractivity contribution in [2.75, 3.05) is 13.1 Å². The number of carbonyl (C=O) groups excluding carboxylic acids is 1. The Morgan fingerprint density at radius 3 is 2.29 bits per heavy atom. The second-order valence-electron chi connectivity index (χ2n) is 7.66. The van der Waals surface area contributed by atoms with Crippen molar-refractivity contribution in [3.63, 3.8) is 0 Å². The average Bonchev–Trinajstić information content (AvgIpc) is 2.61. The summed E-state index contributed by atoms with van der Waals surface area (Å²) in [6.07, 6.45) is 0. The molecule has 0 radical (unpaired) electrons. The fraction of sp³-hybridized carbons (Fsp3) is 0.350. The van der Waals surface area contributed by atoms with Gasteiger partial charge in [0.25, 0.3) is 0 Å². The summed E-state index contributed by atoms with van der Waals surface area (Å²) in [6.45, 7) is 6.14. The van der Waals surface area contributed by atoms with E-state index in [9.17, 15) is 13.2 Å². The number of carbonyl (C=O) groups is 1. The number of rotatable bonds is 7. The lowest BCUT2D eigenvalue weighted by Gasteiger charge is -2.24. The fourth-order valence-electron chi connectivity index (χ4n) is 2.38. The Hall–Kier alpha value is -1.41. The molecule has 0 bridgehead atoms. The second-order valence-corrected chi connectivity index (χ2v) is 10.9. The highest BCUT2D eigenvalue weighted by molar-refractivity contribution is 9.10. The van der Waals surface area contributed by atoms with Crippen LogP contribution in [0.1, 0.15) is 26.3 Å². The van der Waals surface area contributed by atoms with E-state index in [0.29, 0.717) is 17.1 Å². The Morgan fingerprint density at radius 2 is 1.71 bits per heavy atom. The molecule has 5 nitrogen and oxygen atoms in total. The Bertz CT molecular complexity index is 925. The Labute approximate surface area is 180 Å². The lowest BCUT2D eigenvalue weighted by atomic mass is 9.97. The SMILES string of the molecule is CC(C)(C)CNC(=O)CN(Cc1ccccc1Cl)S(=O)(=O)c1ccc(Br)cc1. The molecule has 0 aliphatic heterocycles. The van der Waals surface area contributed by atoms with Gasteiger partial charge in [0.1, 0.15) is 0 Å². The van der Waals surface area contributed by atoms with E-state index in [0.717, 1.165) is 8.78 Å². The molecule has 2 rings (SSSR count). The summed E-state index contributed by atoms with van der Waals surface area (Å²) in [6, 6.07) is 13.3. The molecule has 0 aromatic heterocycles. The zero-order valence-corrected chi connectivity index (χ0v) is 19.2. The molecule has 0 aliphatic carbocycles. The summed E-state index contributed by atoms with van der Waals surface area (Å²) >= 11 is 9.52. The third-order valence-electron chi connectivity index (χ3n) is 3.89. The van der Waals surface area contributed by atoms with Crippen LogP contribution in [0, 0.1) is 5.41 Å². The van der Waals surface area contributed by atoms with Gasteiger partial charge in [-0.3, -0.25) is 4.79 Å². The van der Waals surface area contributed by atoms with Crippen molar-refractivity contribution in [2.45, 2.75) is 32.2 Å². The van der Waals surface area contributed by atoms with Crippen LogP contribution in [0.2, 0.25) is 5.02 Å². The normalized spacial score (nSPS) is 12.2. The Balaban J connectivity index is 2.31. The predicted molar refractivity (Wildman–Crippen MR) is 116 cm³/mol. The largest absolute Gasteiger partial charge is 0.354 e. The first-order chi connectivity index (χ1) is 13.0. The lowest BCUT2D eigenvalue weighted by molar-refractivity contribution is -0.121. The molecule has 0 aliphatic rings. The van der Waals surface area contributed by atoms with Gasteiger partial charge < -0.3 is 5.32 Å². The smallest absolute Gasteiger partial charge is 0.243 e. The van der Waals surface area contributed by atoms with Crippen molar-refractivity contribution in [3.8, 4) is 0 Å². The summed E-state index contributed by atoms with van der Waals surface area (Å²) in [5, 5.41) is 3.25. The van der Waals surface area contributed by atoms with Crippen molar-refractivity contribution in [3.05, 3.63) is 63.6 Å². The van der Waals surface area contributed by atoms with Crippen molar-refractivity contribution in [2.24, 2.45) is 5.41 Å². The number of hydrogen-bond acceptors (Lipinski definition) is 3. The number of sulfonamides is 1. The molecular weight excluding hydrogens is 464 g/mol.